The fourth-order valence-electron chi connectivity index (χ4n) is 1.46. The monoisotopic (exact) mass is 298 g/mol. The second-order valence-corrected chi connectivity index (χ2v) is 4.18. The fraction of sp³-hybridized carbons (Fsp3) is 0.385. The molecule has 1 aromatic rings. The van der Waals surface area contributed by atoms with Crippen LogP contribution in [0.3, 0.4) is 0 Å². The summed E-state index contributed by atoms with van der Waals surface area (Å²) in [5.74, 6) is 0.726. The summed E-state index contributed by atoms with van der Waals surface area (Å²) in [5, 5.41) is 5.68. The summed E-state index contributed by atoms with van der Waals surface area (Å²) >= 11 is 5.00. The van der Waals surface area contributed by atoms with Gasteiger partial charge in [-0.25, -0.2) is 0 Å². The van der Waals surface area contributed by atoms with E-state index >= 15 is 0 Å². The van der Waals surface area contributed by atoms with Gasteiger partial charge in [-0.3, -0.25) is 10.1 Å². The second-order valence-electron chi connectivity index (χ2n) is 3.77. The molecule has 0 aliphatic carbocycles. The highest BCUT2D eigenvalue weighted by atomic mass is 32.1. The number of thiocarbonyl (C=S) groups is 1. The highest BCUT2D eigenvalue weighted by molar-refractivity contribution is 7.80. The Bertz CT molecular complexity index is 479. The van der Waals surface area contributed by atoms with Gasteiger partial charge in [0.2, 0.25) is 0 Å². The Morgan fingerprint density at radius 3 is 2.50 bits per heavy atom. The van der Waals surface area contributed by atoms with E-state index in [4.69, 9.17) is 26.4 Å². The molecule has 0 aliphatic rings. The van der Waals surface area contributed by atoms with Crippen molar-refractivity contribution in [2.45, 2.75) is 0 Å². The highest BCUT2D eigenvalue weighted by Gasteiger charge is 2.11. The number of hydrogen-bond acceptors (Lipinski definition) is 5. The van der Waals surface area contributed by atoms with Crippen molar-refractivity contribution in [1.82, 2.24) is 10.6 Å². The Morgan fingerprint density at radius 2 is 1.90 bits per heavy atom. The van der Waals surface area contributed by atoms with Crippen molar-refractivity contribution in [3.05, 3.63) is 23.8 Å². The molecule has 0 aromatic heterocycles. The molecule has 1 rings (SSSR count). The number of nitrogens with one attached hydrogen (secondary N) is 2. The molecule has 0 radical (unpaired) electrons. The topological polar surface area (TPSA) is 68.8 Å². The standard InChI is InChI=1S/C13H18N2O4S/c1-17-7-6-14-13(20)15-12(16)9-4-5-10(18-2)11(8-9)19-3/h4-5,8H,6-7H2,1-3H3,(H2,14,15,16,20). The first kappa shape index (κ1) is 16.2. The van der Waals surface area contributed by atoms with Gasteiger partial charge in [0.05, 0.1) is 20.8 Å². The SMILES string of the molecule is COCCNC(=S)NC(=O)c1ccc(OC)c(OC)c1. The molecule has 20 heavy (non-hydrogen) atoms. The van der Waals surface area contributed by atoms with E-state index in [2.05, 4.69) is 10.6 Å². The number of amides is 1. The van der Waals surface area contributed by atoms with E-state index in [-0.39, 0.29) is 11.0 Å². The maximum atomic E-state index is 12.0. The maximum absolute atomic E-state index is 12.0. The Morgan fingerprint density at radius 1 is 1.20 bits per heavy atom. The summed E-state index contributed by atoms with van der Waals surface area (Å²) in [6.45, 7) is 1.04. The van der Waals surface area contributed by atoms with Crippen molar-refractivity contribution in [1.29, 1.82) is 0 Å². The lowest BCUT2D eigenvalue weighted by atomic mass is 10.2. The minimum absolute atomic E-state index is 0.252. The van der Waals surface area contributed by atoms with E-state index in [0.29, 0.717) is 30.2 Å². The third kappa shape index (κ3) is 4.67. The van der Waals surface area contributed by atoms with Crippen LogP contribution < -0.4 is 20.1 Å². The zero-order chi connectivity index (χ0) is 15.0. The molecule has 110 valence electrons. The Balaban J connectivity index is 2.65. The lowest BCUT2D eigenvalue weighted by molar-refractivity contribution is 0.0976. The van der Waals surface area contributed by atoms with E-state index in [0.717, 1.165) is 0 Å². The van der Waals surface area contributed by atoms with Crippen LogP contribution in [0.15, 0.2) is 18.2 Å². The average molecular weight is 298 g/mol. The van der Waals surface area contributed by atoms with Crippen molar-refractivity contribution in [2.75, 3.05) is 34.5 Å². The number of benzene rings is 1. The molecule has 0 heterocycles. The fourth-order valence-corrected chi connectivity index (χ4v) is 1.66. The largest absolute Gasteiger partial charge is 0.493 e. The van der Waals surface area contributed by atoms with Crippen molar-refractivity contribution >= 4 is 23.2 Å². The first-order chi connectivity index (χ1) is 9.62. The quantitative estimate of drug-likeness (QED) is 0.602. The average Bonchev–Trinajstić information content (AvgIpc) is 2.46. The van der Waals surface area contributed by atoms with Crippen LogP contribution in [-0.4, -0.2) is 45.5 Å². The third-order valence-corrected chi connectivity index (χ3v) is 2.71. The van der Waals surface area contributed by atoms with Gasteiger partial charge in [-0.15, -0.1) is 0 Å². The van der Waals surface area contributed by atoms with Crippen molar-refractivity contribution < 1.29 is 19.0 Å². The minimum atomic E-state index is -0.319. The molecule has 1 amide bonds. The number of hydrogen-bond donors (Lipinski definition) is 2. The number of rotatable bonds is 6. The van der Waals surface area contributed by atoms with Gasteiger partial charge in [-0.1, -0.05) is 0 Å². The molecule has 2 N–H and O–H groups in total. The van der Waals surface area contributed by atoms with Crippen LogP contribution in [-0.2, 0) is 4.74 Å². The zero-order valence-corrected chi connectivity index (χ0v) is 12.5. The summed E-state index contributed by atoms with van der Waals surface area (Å²) in [7, 11) is 4.63. The summed E-state index contributed by atoms with van der Waals surface area (Å²) in [4.78, 5) is 12.0. The van der Waals surface area contributed by atoms with Gasteiger partial charge in [0, 0.05) is 19.2 Å². The summed E-state index contributed by atoms with van der Waals surface area (Å²) < 4.78 is 15.1. The van der Waals surface area contributed by atoms with Crippen LogP contribution >= 0.6 is 12.2 Å². The molecule has 0 atom stereocenters. The predicted octanol–water partition coefficient (Wildman–Crippen LogP) is 0.954. The maximum Gasteiger partial charge on any atom is 0.257 e. The van der Waals surface area contributed by atoms with Crippen LogP contribution in [0.5, 0.6) is 11.5 Å². The first-order valence-corrected chi connectivity index (χ1v) is 6.33. The van der Waals surface area contributed by atoms with Crippen LogP contribution in [0.2, 0.25) is 0 Å². The van der Waals surface area contributed by atoms with Crippen molar-refractivity contribution in [2.24, 2.45) is 0 Å². The molecule has 0 saturated heterocycles. The minimum Gasteiger partial charge on any atom is -0.493 e. The second kappa shape index (κ2) is 8.34. The molecule has 6 nitrogen and oxygen atoms in total. The Kier molecular flexibility index (Phi) is 6.75. The van der Waals surface area contributed by atoms with E-state index in [1.54, 1.807) is 25.3 Å². The lowest BCUT2D eigenvalue weighted by Crippen LogP contribution is -2.40. The molecule has 0 bridgehead atoms. The van der Waals surface area contributed by atoms with E-state index in [1.165, 1.54) is 14.2 Å². The lowest BCUT2D eigenvalue weighted by Gasteiger charge is -2.11. The molecular formula is C13H18N2O4S. The van der Waals surface area contributed by atoms with E-state index < -0.39 is 0 Å². The summed E-state index contributed by atoms with van der Waals surface area (Å²) in [6.07, 6.45) is 0. The normalized spacial score (nSPS) is 9.75. The van der Waals surface area contributed by atoms with E-state index in [9.17, 15) is 4.79 Å². The van der Waals surface area contributed by atoms with Gasteiger partial charge < -0.3 is 19.5 Å². The van der Waals surface area contributed by atoms with Crippen LogP contribution in [0, 0.1) is 0 Å². The molecule has 0 aliphatic heterocycles. The molecule has 1 aromatic carbocycles. The highest BCUT2D eigenvalue weighted by Crippen LogP contribution is 2.27. The van der Waals surface area contributed by atoms with Crippen LogP contribution in [0.4, 0.5) is 0 Å². The van der Waals surface area contributed by atoms with Crippen molar-refractivity contribution in [3.8, 4) is 11.5 Å². The third-order valence-electron chi connectivity index (χ3n) is 2.46. The van der Waals surface area contributed by atoms with E-state index in [1.807, 2.05) is 0 Å². The van der Waals surface area contributed by atoms with Crippen LogP contribution in [0.25, 0.3) is 0 Å². The van der Waals surface area contributed by atoms with Gasteiger partial charge in [-0.2, -0.15) is 0 Å². The van der Waals surface area contributed by atoms with Crippen molar-refractivity contribution in [3.63, 3.8) is 0 Å². The molecule has 0 saturated carbocycles. The number of ether oxygens (including phenoxy) is 3. The predicted molar refractivity (Wildman–Crippen MR) is 79.5 cm³/mol. The smallest absolute Gasteiger partial charge is 0.257 e. The first-order valence-electron chi connectivity index (χ1n) is 5.92. The number of carbonyl (C=O) groups excluding carboxylic acids is 1. The Labute approximate surface area is 123 Å². The van der Waals surface area contributed by atoms with Gasteiger partial charge in [0.25, 0.3) is 5.91 Å². The number of carbonyl (C=O) groups is 1. The van der Waals surface area contributed by atoms with Gasteiger partial charge in [0.1, 0.15) is 0 Å². The van der Waals surface area contributed by atoms with Crippen LogP contribution in [0.1, 0.15) is 10.4 Å². The van der Waals surface area contributed by atoms with Gasteiger partial charge in [-0.05, 0) is 30.4 Å². The molecule has 0 unspecified atom stereocenters. The number of methoxy groups -OCH3 is 3. The molecule has 0 spiro atoms. The molecular weight excluding hydrogens is 280 g/mol. The summed E-state index contributed by atoms with van der Waals surface area (Å²) in [5.41, 5.74) is 0.429. The molecule has 7 heteroatoms. The molecule has 0 fully saturated rings. The van der Waals surface area contributed by atoms with Gasteiger partial charge >= 0.3 is 0 Å². The summed E-state index contributed by atoms with van der Waals surface area (Å²) in [6, 6.07) is 4.88. The Hall–Kier alpha value is -1.86. The van der Waals surface area contributed by atoms with Gasteiger partial charge in [0.15, 0.2) is 16.6 Å². The zero-order valence-electron chi connectivity index (χ0n) is 11.7.